The molecule has 1 aromatic carbocycles. The number of benzene rings is 1. The molecule has 218 valence electrons. The summed E-state index contributed by atoms with van der Waals surface area (Å²) in [4.78, 5) is 17.6. The Kier molecular flexibility index (Phi) is 6.44. The van der Waals surface area contributed by atoms with Crippen LogP contribution < -0.4 is 20.7 Å². The average Bonchev–Trinajstić information content (AvgIpc) is 3.59. The summed E-state index contributed by atoms with van der Waals surface area (Å²) in [6.07, 6.45) is 1.38. The third-order valence-corrected chi connectivity index (χ3v) is 9.39. The van der Waals surface area contributed by atoms with E-state index in [4.69, 9.17) is 27.1 Å². The molecule has 13 heteroatoms. The highest BCUT2D eigenvalue weighted by molar-refractivity contribution is 6.32. The van der Waals surface area contributed by atoms with Crippen molar-refractivity contribution in [1.29, 1.82) is 0 Å². The second kappa shape index (κ2) is 9.81. The van der Waals surface area contributed by atoms with E-state index in [-0.39, 0.29) is 35.0 Å². The van der Waals surface area contributed by atoms with Crippen LogP contribution >= 0.6 is 11.6 Å². The molecule has 2 atom stereocenters. The van der Waals surface area contributed by atoms with Crippen molar-refractivity contribution in [3.05, 3.63) is 34.6 Å². The standard InChI is InChI=1S/C28H30ClF4N7O/c29-19-11-20(34)36-23(21(19)28(31,32)33)17-5-6-18-24(22(17)30)37-26(41-14-27-7-1-9-40(27)10-2-8-27)38-25(18)39-12-15-3-4-16(13-39)35-15/h5-6,11,15-16,35H,1-4,7-10,12-14H2,(H2,34,36). The number of piperazine rings is 1. The number of hydrogen-bond donors (Lipinski definition) is 2. The van der Waals surface area contributed by atoms with Gasteiger partial charge in [-0.1, -0.05) is 11.6 Å². The summed E-state index contributed by atoms with van der Waals surface area (Å²) in [6, 6.07) is 4.30. The van der Waals surface area contributed by atoms with Crippen LogP contribution in [0.1, 0.15) is 44.1 Å². The first-order valence-corrected chi connectivity index (χ1v) is 14.4. The van der Waals surface area contributed by atoms with Gasteiger partial charge in [-0.25, -0.2) is 9.37 Å². The van der Waals surface area contributed by atoms with Crippen LogP contribution in [0.4, 0.5) is 29.2 Å². The van der Waals surface area contributed by atoms with Crippen LogP contribution in [-0.2, 0) is 6.18 Å². The number of nitrogens with two attached hydrogens (primary N) is 1. The van der Waals surface area contributed by atoms with E-state index in [9.17, 15) is 13.2 Å². The second-order valence-electron chi connectivity index (χ2n) is 11.7. The van der Waals surface area contributed by atoms with Crippen LogP contribution in [0.25, 0.3) is 22.2 Å². The number of hydrogen-bond acceptors (Lipinski definition) is 8. The van der Waals surface area contributed by atoms with Crippen LogP contribution in [0.2, 0.25) is 5.02 Å². The van der Waals surface area contributed by atoms with E-state index >= 15 is 4.39 Å². The molecule has 0 amide bonds. The molecule has 4 saturated heterocycles. The minimum Gasteiger partial charge on any atom is -0.461 e. The number of alkyl halides is 3. The molecular formula is C28H30ClF4N7O. The van der Waals surface area contributed by atoms with Gasteiger partial charge in [-0.2, -0.15) is 23.1 Å². The molecular weight excluding hydrogens is 562 g/mol. The highest BCUT2D eigenvalue weighted by atomic mass is 35.5. The number of halogens is 5. The Morgan fingerprint density at radius 3 is 2.46 bits per heavy atom. The zero-order chi connectivity index (χ0) is 28.5. The van der Waals surface area contributed by atoms with Gasteiger partial charge >= 0.3 is 12.2 Å². The molecule has 41 heavy (non-hydrogen) atoms. The number of nitrogens with one attached hydrogen (secondary N) is 1. The van der Waals surface area contributed by atoms with Crippen molar-refractivity contribution >= 4 is 34.1 Å². The molecule has 2 unspecified atom stereocenters. The van der Waals surface area contributed by atoms with Gasteiger partial charge in [0.05, 0.1) is 16.3 Å². The molecule has 0 spiro atoms. The highest BCUT2D eigenvalue weighted by Crippen LogP contribution is 2.44. The van der Waals surface area contributed by atoms with E-state index in [0.29, 0.717) is 30.9 Å². The summed E-state index contributed by atoms with van der Waals surface area (Å²) in [6.45, 7) is 3.76. The molecule has 0 radical (unpaired) electrons. The molecule has 0 aliphatic carbocycles. The zero-order valence-electron chi connectivity index (χ0n) is 22.3. The number of ether oxygens (including phenoxy) is 1. The predicted octanol–water partition coefficient (Wildman–Crippen LogP) is 5.03. The minimum atomic E-state index is -4.88. The largest absolute Gasteiger partial charge is 0.461 e. The first-order chi connectivity index (χ1) is 19.6. The van der Waals surface area contributed by atoms with Crippen molar-refractivity contribution in [2.24, 2.45) is 0 Å². The number of rotatable bonds is 5. The summed E-state index contributed by atoms with van der Waals surface area (Å²) >= 11 is 5.95. The second-order valence-corrected chi connectivity index (χ2v) is 12.1. The molecule has 0 saturated carbocycles. The van der Waals surface area contributed by atoms with Crippen molar-refractivity contribution < 1.29 is 22.3 Å². The Hall–Kier alpha value is -2.96. The Labute approximate surface area is 239 Å². The molecule has 7 rings (SSSR count). The third kappa shape index (κ3) is 4.64. The summed E-state index contributed by atoms with van der Waals surface area (Å²) in [5.41, 5.74) is 3.19. The topological polar surface area (TPSA) is 92.4 Å². The van der Waals surface area contributed by atoms with Gasteiger partial charge in [0.25, 0.3) is 0 Å². The molecule has 3 aromatic rings. The average molecular weight is 592 g/mol. The number of nitrogens with zero attached hydrogens (tertiary/aromatic N) is 5. The lowest BCUT2D eigenvalue weighted by molar-refractivity contribution is -0.137. The van der Waals surface area contributed by atoms with Gasteiger partial charge in [0.1, 0.15) is 29.3 Å². The summed E-state index contributed by atoms with van der Waals surface area (Å²) < 4.78 is 64.7. The van der Waals surface area contributed by atoms with Gasteiger partial charge in [0.15, 0.2) is 5.82 Å². The quantitative estimate of drug-likeness (QED) is 0.399. The lowest BCUT2D eigenvalue weighted by atomic mass is 9.95. The van der Waals surface area contributed by atoms with Crippen molar-refractivity contribution in [1.82, 2.24) is 25.2 Å². The van der Waals surface area contributed by atoms with E-state index in [0.717, 1.165) is 57.7 Å². The molecule has 4 aliphatic rings. The van der Waals surface area contributed by atoms with E-state index in [1.54, 1.807) is 6.07 Å². The molecule has 2 aromatic heterocycles. The normalized spacial score (nSPS) is 23.9. The molecule has 3 N–H and O–H groups in total. The van der Waals surface area contributed by atoms with Gasteiger partial charge < -0.3 is 20.7 Å². The first-order valence-electron chi connectivity index (χ1n) is 14.0. The Morgan fingerprint density at radius 1 is 1.07 bits per heavy atom. The van der Waals surface area contributed by atoms with E-state index < -0.39 is 33.8 Å². The smallest absolute Gasteiger partial charge is 0.419 e. The molecule has 6 heterocycles. The van der Waals surface area contributed by atoms with Gasteiger partial charge in [-0.05, 0) is 69.8 Å². The molecule has 2 bridgehead atoms. The van der Waals surface area contributed by atoms with Crippen molar-refractivity contribution in [3.63, 3.8) is 0 Å². The molecule has 4 fully saturated rings. The molecule has 8 nitrogen and oxygen atoms in total. The Balaban J connectivity index is 1.35. The van der Waals surface area contributed by atoms with Gasteiger partial charge in [0.2, 0.25) is 0 Å². The monoisotopic (exact) mass is 591 g/mol. The maximum absolute atomic E-state index is 16.4. The summed E-state index contributed by atoms with van der Waals surface area (Å²) in [5, 5.41) is 3.32. The van der Waals surface area contributed by atoms with Gasteiger partial charge in [-0.15, -0.1) is 0 Å². The Morgan fingerprint density at radius 2 is 1.78 bits per heavy atom. The van der Waals surface area contributed by atoms with Crippen molar-refractivity contribution in [2.45, 2.75) is 62.3 Å². The van der Waals surface area contributed by atoms with Crippen molar-refractivity contribution in [2.75, 3.05) is 43.4 Å². The van der Waals surface area contributed by atoms with Crippen LogP contribution in [0.15, 0.2) is 18.2 Å². The SMILES string of the molecule is Nc1cc(Cl)c(C(F)(F)F)c(-c2ccc3c(N4CC5CCC(C4)N5)nc(OCC45CCCN4CCC5)nc3c2F)n1. The number of fused-ring (bicyclic) bond motifs is 4. The number of aromatic nitrogens is 3. The number of nitrogen functional groups attached to an aromatic ring is 1. The predicted molar refractivity (Wildman–Crippen MR) is 148 cm³/mol. The lowest BCUT2D eigenvalue weighted by Crippen LogP contribution is -2.51. The lowest BCUT2D eigenvalue weighted by Gasteiger charge is -2.34. The number of pyridine rings is 1. The van der Waals surface area contributed by atoms with Gasteiger partial charge in [0, 0.05) is 36.1 Å². The summed E-state index contributed by atoms with van der Waals surface area (Å²) in [5.74, 6) is -0.705. The maximum atomic E-state index is 16.4. The van der Waals surface area contributed by atoms with Crippen molar-refractivity contribution in [3.8, 4) is 17.3 Å². The highest BCUT2D eigenvalue weighted by Gasteiger charge is 2.45. The maximum Gasteiger partial charge on any atom is 0.419 e. The van der Waals surface area contributed by atoms with Crippen LogP contribution in [0.5, 0.6) is 6.01 Å². The molecule has 4 aliphatic heterocycles. The van der Waals surface area contributed by atoms with Crippen LogP contribution in [0.3, 0.4) is 0 Å². The fraction of sp³-hybridized carbons (Fsp3) is 0.536. The first kappa shape index (κ1) is 26.9. The summed E-state index contributed by atoms with van der Waals surface area (Å²) in [7, 11) is 0. The van der Waals surface area contributed by atoms with E-state index in [1.807, 2.05) is 0 Å². The van der Waals surface area contributed by atoms with Gasteiger partial charge in [-0.3, -0.25) is 4.90 Å². The zero-order valence-corrected chi connectivity index (χ0v) is 23.0. The van der Waals surface area contributed by atoms with E-state index in [2.05, 4.69) is 25.1 Å². The Bertz CT molecular complexity index is 1500. The van der Waals surface area contributed by atoms with Crippen LogP contribution in [0, 0.1) is 5.82 Å². The fourth-order valence-corrected chi connectivity index (χ4v) is 7.55. The minimum absolute atomic E-state index is 0.0113. The third-order valence-electron chi connectivity index (χ3n) is 9.09. The number of anilines is 2. The van der Waals surface area contributed by atoms with Crippen LogP contribution in [-0.4, -0.2) is 70.3 Å². The van der Waals surface area contributed by atoms with E-state index in [1.165, 1.54) is 6.07 Å². The fourth-order valence-electron chi connectivity index (χ4n) is 7.24.